The third-order valence-electron chi connectivity index (χ3n) is 6.83. The average Bonchev–Trinajstić information content (AvgIpc) is 3.36. The number of hydrogen-bond donors (Lipinski definition) is 2. The van der Waals surface area contributed by atoms with Gasteiger partial charge in [-0.1, -0.05) is 66.7 Å². The number of aromatic nitrogens is 1. The Kier molecular flexibility index (Phi) is 5.57. The second-order valence-corrected chi connectivity index (χ2v) is 12.5. The number of amides is 1. The van der Waals surface area contributed by atoms with Crippen LogP contribution in [0.2, 0.25) is 0 Å². The molecule has 2 N–H and O–H groups in total. The second-order valence-electron chi connectivity index (χ2n) is 9.98. The largest absolute Gasteiger partial charge is 0.361 e. The Morgan fingerprint density at radius 2 is 1.54 bits per heavy atom. The van der Waals surface area contributed by atoms with E-state index in [4.69, 9.17) is 0 Å². The van der Waals surface area contributed by atoms with Gasteiger partial charge in [-0.05, 0) is 49.6 Å². The molecule has 0 saturated heterocycles. The first-order valence-electron chi connectivity index (χ1n) is 11.7. The molecule has 0 aliphatic carbocycles. The zero-order chi connectivity index (χ0) is 24.8. The number of H-pyrrole nitrogens is 1. The van der Waals surface area contributed by atoms with E-state index < -0.39 is 20.2 Å². The van der Waals surface area contributed by atoms with Crippen LogP contribution in [0.3, 0.4) is 0 Å². The van der Waals surface area contributed by atoms with Gasteiger partial charge in [-0.15, -0.1) is 0 Å². The fraction of sp³-hybridized carbons (Fsp3) is 0.250. The van der Waals surface area contributed by atoms with Crippen LogP contribution in [-0.2, 0) is 26.8 Å². The number of carbonyl (C=O) groups is 1. The van der Waals surface area contributed by atoms with E-state index in [0.717, 1.165) is 33.3 Å². The number of benzene rings is 3. The number of carbonyl (C=O) groups excluding carboxylic acids is 1. The van der Waals surface area contributed by atoms with Crippen LogP contribution >= 0.6 is 0 Å². The van der Waals surface area contributed by atoms with E-state index >= 15 is 0 Å². The Labute approximate surface area is 206 Å². The van der Waals surface area contributed by atoms with E-state index in [1.165, 1.54) is 0 Å². The number of anilines is 1. The van der Waals surface area contributed by atoms with Crippen LogP contribution in [-0.4, -0.2) is 30.6 Å². The molecule has 1 atom stereocenters. The van der Waals surface area contributed by atoms with E-state index in [9.17, 15) is 13.2 Å². The first-order valence-corrected chi connectivity index (χ1v) is 13.1. The van der Waals surface area contributed by atoms with E-state index in [2.05, 4.69) is 9.71 Å². The molecule has 3 aromatic carbocycles. The molecule has 35 heavy (non-hydrogen) atoms. The summed E-state index contributed by atoms with van der Waals surface area (Å²) in [5, 5.41) is 0.896. The third kappa shape index (κ3) is 3.75. The number of hydrogen-bond acceptors (Lipinski definition) is 3. The van der Waals surface area contributed by atoms with Crippen molar-refractivity contribution >= 4 is 32.5 Å². The Hall–Kier alpha value is -3.42. The summed E-state index contributed by atoms with van der Waals surface area (Å²) in [4.78, 5) is 19.5. The number of sulfonamides is 1. The summed E-state index contributed by atoms with van der Waals surface area (Å²) in [5.41, 5.74) is 3.03. The standard InChI is InChI=1S/C28H29N3O3S/c1-27(2,3)35(33,34)30-19-28(23-17-29-24-15-9-7-13-21(23)24)22-14-8-10-16-25(22)31(26(28)32)18-20-11-5-4-6-12-20/h4-17,29-30H,18-19H2,1-3H3/t28-/m1/s1. The summed E-state index contributed by atoms with van der Waals surface area (Å²) in [6, 6.07) is 25.3. The maximum absolute atomic E-state index is 14.5. The fourth-order valence-corrected chi connectivity index (χ4v) is 5.66. The molecule has 1 aromatic heterocycles. The van der Waals surface area contributed by atoms with Gasteiger partial charge in [0.05, 0.1) is 11.3 Å². The summed E-state index contributed by atoms with van der Waals surface area (Å²) < 4.78 is 28.0. The first-order chi connectivity index (χ1) is 16.6. The molecule has 2 heterocycles. The van der Waals surface area contributed by atoms with Gasteiger partial charge in [0.25, 0.3) is 0 Å². The number of para-hydroxylation sites is 2. The van der Waals surface area contributed by atoms with Crippen LogP contribution in [0.4, 0.5) is 5.69 Å². The van der Waals surface area contributed by atoms with E-state index in [1.807, 2.05) is 85.1 Å². The van der Waals surface area contributed by atoms with Gasteiger partial charge < -0.3 is 9.88 Å². The average molecular weight is 488 g/mol. The Morgan fingerprint density at radius 1 is 0.886 bits per heavy atom. The topological polar surface area (TPSA) is 82.3 Å². The van der Waals surface area contributed by atoms with Crippen LogP contribution in [0.1, 0.15) is 37.5 Å². The lowest BCUT2D eigenvalue weighted by molar-refractivity contribution is -0.121. The minimum atomic E-state index is -3.70. The van der Waals surface area contributed by atoms with E-state index in [1.54, 1.807) is 25.7 Å². The molecule has 1 aliphatic rings. The zero-order valence-electron chi connectivity index (χ0n) is 20.1. The number of rotatable bonds is 6. The van der Waals surface area contributed by atoms with Crippen molar-refractivity contribution in [1.29, 1.82) is 0 Å². The summed E-state index contributed by atoms with van der Waals surface area (Å²) in [7, 11) is -3.70. The quantitative estimate of drug-likeness (QED) is 0.413. The highest BCUT2D eigenvalue weighted by molar-refractivity contribution is 7.90. The molecule has 5 rings (SSSR count). The maximum atomic E-state index is 14.5. The van der Waals surface area contributed by atoms with Crippen molar-refractivity contribution in [3.8, 4) is 0 Å². The molecule has 180 valence electrons. The Morgan fingerprint density at radius 3 is 2.29 bits per heavy atom. The second kappa shape index (κ2) is 8.36. The minimum Gasteiger partial charge on any atom is -0.361 e. The zero-order valence-corrected chi connectivity index (χ0v) is 20.9. The molecule has 0 unspecified atom stereocenters. The van der Waals surface area contributed by atoms with Gasteiger partial charge in [-0.25, -0.2) is 13.1 Å². The molecular weight excluding hydrogens is 458 g/mol. The fourth-order valence-electron chi connectivity index (χ4n) is 4.82. The summed E-state index contributed by atoms with van der Waals surface area (Å²) in [6.07, 6.45) is 1.84. The molecule has 4 aromatic rings. The lowest BCUT2D eigenvalue weighted by atomic mass is 9.75. The molecule has 1 amide bonds. The normalized spacial score (nSPS) is 18.3. The monoisotopic (exact) mass is 487 g/mol. The van der Waals surface area contributed by atoms with Crippen LogP contribution in [0.5, 0.6) is 0 Å². The number of aromatic amines is 1. The molecule has 6 nitrogen and oxygen atoms in total. The van der Waals surface area contributed by atoms with E-state index in [-0.39, 0.29) is 12.5 Å². The highest BCUT2D eigenvalue weighted by atomic mass is 32.2. The van der Waals surface area contributed by atoms with Crippen molar-refractivity contribution in [2.75, 3.05) is 11.4 Å². The van der Waals surface area contributed by atoms with Gasteiger partial charge in [-0.2, -0.15) is 0 Å². The summed E-state index contributed by atoms with van der Waals surface area (Å²) in [6.45, 7) is 5.28. The van der Waals surface area contributed by atoms with Gasteiger partial charge >= 0.3 is 0 Å². The minimum absolute atomic E-state index is 0.0738. The number of nitrogens with zero attached hydrogens (tertiary/aromatic N) is 1. The van der Waals surface area contributed by atoms with E-state index in [0.29, 0.717) is 6.54 Å². The van der Waals surface area contributed by atoms with Crippen molar-refractivity contribution in [2.45, 2.75) is 37.5 Å². The third-order valence-corrected chi connectivity index (χ3v) is 8.97. The predicted molar refractivity (Wildman–Crippen MR) is 140 cm³/mol. The first kappa shape index (κ1) is 23.3. The lowest BCUT2D eigenvalue weighted by Crippen LogP contribution is -2.51. The summed E-state index contributed by atoms with van der Waals surface area (Å²) >= 11 is 0. The van der Waals surface area contributed by atoms with Crippen molar-refractivity contribution in [3.05, 3.63) is 102 Å². The number of fused-ring (bicyclic) bond motifs is 2. The molecule has 0 radical (unpaired) electrons. The lowest BCUT2D eigenvalue weighted by Gasteiger charge is -2.31. The van der Waals surface area contributed by atoms with Crippen molar-refractivity contribution in [3.63, 3.8) is 0 Å². The smallest absolute Gasteiger partial charge is 0.243 e. The van der Waals surface area contributed by atoms with Crippen LogP contribution in [0.25, 0.3) is 10.9 Å². The molecule has 1 aliphatic heterocycles. The van der Waals surface area contributed by atoms with Crippen LogP contribution < -0.4 is 9.62 Å². The van der Waals surface area contributed by atoms with Crippen LogP contribution in [0, 0.1) is 0 Å². The Bertz CT molecular complexity index is 1500. The molecule has 0 spiro atoms. The summed E-state index contributed by atoms with van der Waals surface area (Å²) in [5.74, 6) is -0.149. The number of nitrogens with one attached hydrogen (secondary N) is 2. The highest BCUT2D eigenvalue weighted by Crippen LogP contribution is 2.48. The van der Waals surface area contributed by atoms with Gasteiger partial charge in [0.15, 0.2) is 0 Å². The molecule has 0 fully saturated rings. The molecule has 0 bridgehead atoms. The SMILES string of the molecule is CC(C)(C)S(=O)(=O)NC[C@@]1(c2c[nH]c3ccccc23)C(=O)N(Cc2ccccc2)c2ccccc21. The van der Waals surface area contributed by atoms with Crippen molar-refractivity contribution in [1.82, 2.24) is 9.71 Å². The highest BCUT2D eigenvalue weighted by Gasteiger charge is 2.53. The van der Waals surface area contributed by atoms with Gasteiger partial charge in [0, 0.05) is 29.3 Å². The van der Waals surface area contributed by atoms with Gasteiger partial charge in [-0.3, -0.25) is 4.79 Å². The van der Waals surface area contributed by atoms with Crippen molar-refractivity contribution in [2.24, 2.45) is 0 Å². The molecule has 7 heteroatoms. The Balaban J connectivity index is 1.71. The van der Waals surface area contributed by atoms with Gasteiger partial charge in [0.2, 0.25) is 15.9 Å². The molecule has 0 saturated carbocycles. The van der Waals surface area contributed by atoms with Crippen LogP contribution in [0.15, 0.2) is 85.1 Å². The van der Waals surface area contributed by atoms with Crippen molar-refractivity contribution < 1.29 is 13.2 Å². The predicted octanol–water partition coefficient (Wildman–Crippen LogP) is 4.72. The molecular formula is C28H29N3O3S. The maximum Gasteiger partial charge on any atom is 0.243 e. The van der Waals surface area contributed by atoms with Gasteiger partial charge in [0.1, 0.15) is 5.41 Å².